The molecule has 1 atom stereocenters. The van der Waals surface area contributed by atoms with E-state index in [1.54, 1.807) is 0 Å². The van der Waals surface area contributed by atoms with Crippen LogP contribution in [0.15, 0.2) is 0 Å². The van der Waals surface area contributed by atoms with Crippen molar-refractivity contribution in [3.05, 3.63) is 16.0 Å². The predicted octanol–water partition coefficient (Wildman–Crippen LogP) is 1.32. The van der Waals surface area contributed by atoms with Crippen molar-refractivity contribution in [2.24, 2.45) is 0 Å². The van der Waals surface area contributed by atoms with Crippen molar-refractivity contribution in [1.29, 1.82) is 5.26 Å². The summed E-state index contributed by atoms with van der Waals surface area (Å²) in [5, 5.41) is 16.6. The number of aryl methyl sites for hydroxylation is 1. The zero-order chi connectivity index (χ0) is 14.2. The summed E-state index contributed by atoms with van der Waals surface area (Å²) < 4.78 is 25.9. The molecule has 0 radical (unpaired) electrons. The lowest BCUT2D eigenvalue weighted by atomic mass is 10.1. The van der Waals surface area contributed by atoms with E-state index >= 15 is 0 Å². The normalized spacial score (nSPS) is 15.6. The van der Waals surface area contributed by atoms with Gasteiger partial charge in [-0.3, -0.25) is 9.52 Å². The number of nitrogens with zero attached hydrogens (tertiary/aromatic N) is 1. The monoisotopic (exact) mass is 300 g/mol. The first-order valence-corrected chi connectivity index (χ1v) is 8.02. The average molecular weight is 300 g/mol. The Hall–Kier alpha value is -1.59. The molecule has 0 bridgehead atoms. The van der Waals surface area contributed by atoms with Crippen molar-refractivity contribution < 1.29 is 18.3 Å². The van der Waals surface area contributed by atoms with Crippen molar-refractivity contribution >= 4 is 32.3 Å². The quantitative estimate of drug-likeness (QED) is 0.872. The summed E-state index contributed by atoms with van der Waals surface area (Å²) in [6.07, 6.45) is 2.57. The van der Waals surface area contributed by atoms with Gasteiger partial charge >= 0.3 is 5.97 Å². The number of hydrogen-bond donors (Lipinski definition) is 2. The number of carbonyl (C=O) groups is 1. The molecule has 1 aliphatic carbocycles. The number of anilines is 1. The van der Waals surface area contributed by atoms with E-state index in [1.807, 2.05) is 6.07 Å². The molecule has 1 heterocycles. The van der Waals surface area contributed by atoms with Crippen LogP contribution in [0.3, 0.4) is 0 Å². The minimum atomic E-state index is -4.02. The van der Waals surface area contributed by atoms with Crippen LogP contribution in [0.2, 0.25) is 0 Å². The van der Waals surface area contributed by atoms with Gasteiger partial charge in [-0.2, -0.15) is 5.26 Å². The van der Waals surface area contributed by atoms with E-state index in [2.05, 4.69) is 4.72 Å². The van der Waals surface area contributed by atoms with Crippen LogP contribution < -0.4 is 4.72 Å². The first kappa shape index (κ1) is 13.8. The molecule has 0 saturated heterocycles. The van der Waals surface area contributed by atoms with Crippen LogP contribution in [0.5, 0.6) is 0 Å². The van der Waals surface area contributed by atoms with E-state index < -0.39 is 21.2 Å². The molecule has 1 aromatic rings. The minimum Gasteiger partial charge on any atom is -0.480 e. The van der Waals surface area contributed by atoms with Gasteiger partial charge < -0.3 is 5.11 Å². The molecule has 1 unspecified atom stereocenters. The molecule has 102 valence electrons. The van der Waals surface area contributed by atoms with Crippen molar-refractivity contribution in [3.8, 4) is 6.07 Å². The first-order chi connectivity index (χ1) is 8.86. The Labute approximate surface area is 114 Å². The van der Waals surface area contributed by atoms with Gasteiger partial charge in [0.1, 0.15) is 11.1 Å². The van der Waals surface area contributed by atoms with Crippen molar-refractivity contribution in [1.82, 2.24) is 0 Å². The van der Waals surface area contributed by atoms with E-state index in [-0.39, 0.29) is 5.00 Å². The van der Waals surface area contributed by atoms with Crippen LogP contribution in [0.25, 0.3) is 0 Å². The fourth-order valence-corrected chi connectivity index (χ4v) is 4.35. The third-order valence-corrected chi connectivity index (χ3v) is 6.04. The molecule has 0 aliphatic heterocycles. The Morgan fingerprint density at radius 1 is 1.53 bits per heavy atom. The maximum atomic E-state index is 11.8. The second kappa shape index (κ2) is 4.83. The standard InChI is InChI=1S/C11H12N2O4S2/c1-6(11(14)15)19(16,17)13-10-8(5-12)7-3-2-4-9(7)18-10/h6,13H,2-4H2,1H3,(H,14,15). The van der Waals surface area contributed by atoms with Crippen LogP contribution in [0.4, 0.5) is 5.00 Å². The molecule has 6 nitrogen and oxygen atoms in total. The number of carboxylic acid groups (broad SMARTS) is 1. The SMILES string of the molecule is CC(C(=O)O)S(=O)(=O)Nc1sc2c(c1C#N)CCC2. The molecule has 0 amide bonds. The highest BCUT2D eigenvalue weighted by Crippen LogP contribution is 2.39. The van der Waals surface area contributed by atoms with Crippen molar-refractivity contribution in [2.75, 3.05) is 4.72 Å². The van der Waals surface area contributed by atoms with Gasteiger partial charge in [-0.25, -0.2) is 8.42 Å². The van der Waals surface area contributed by atoms with Crippen LogP contribution in [0.1, 0.15) is 29.3 Å². The number of aliphatic carboxylic acids is 1. The smallest absolute Gasteiger partial charge is 0.323 e. The summed E-state index contributed by atoms with van der Waals surface area (Å²) in [6.45, 7) is 1.10. The number of hydrogen-bond acceptors (Lipinski definition) is 5. The number of rotatable bonds is 4. The molecule has 1 aliphatic rings. The third-order valence-electron chi connectivity index (χ3n) is 3.08. The number of nitrogens with one attached hydrogen (secondary N) is 1. The van der Waals surface area contributed by atoms with Crippen LogP contribution in [-0.2, 0) is 27.7 Å². The van der Waals surface area contributed by atoms with E-state index in [0.29, 0.717) is 5.56 Å². The average Bonchev–Trinajstić information content (AvgIpc) is 2.87. The fraction of sp³-hybridized carbons (Fsp3) is 0.455. The molecule has 0 spiro atoms. The van der Waals surface area contributed by atoms with Gasteiger partial charge in [0.2, 0.25) is 10.0 Å². The summed E-state index contributed by atoms with van der Waals surface area (Å²) in [7, 11) is -4.02. The largest absolute Gasteiger partial charge is 0.480 e. The lowest BCUT2D eigenvalue weighted by Gasteiger charge is -2.10. The highest BCUT2D eigenvalue weighted by molar-refractivity contribution is 7.94. The summed E-state index contributed by atoms with van der Waals surface area (Å²) in [4.78, 5) is 11.8. The highest BCUT2D eigenvalue weighted by Gasteiger charge is 2.30. The van der Waals surface area contributed by atoms with Gasteiger partial charge in [-0.05, 0) is 31.7 Å². The zero-order valence-corrected chi connectivity index (χ0v) is 11.8. The van der Waals surface area contributed by atoms with Gasteiger partial charge in [0.15, 0.2) is 5.25 Å². The number of carboxylic acids is 1. The second-order valence-electron chi connectivity index (χ2n) is 4.30. The van der Waals surface area contributed by atoms with E-state index in [0.717, 1.165) is 36.6 Å². The van der Waals surface area contributed by atoms with Crippen LogP contribution in [-0.4, -0.2) is 24.7 Å². The van der Waals surface area contributed by atoms with Gasteiger partial charge in [0.05, 0.1) is 5.56 Å². The molecule has 2 N–H and O–H groups in total. The summed E-state index contributed by atoms with van der Waals surface area (Å²) >= 11 is 1.22. The molecule has 0 aromatic carbocycles. The zero-order valence-electron chi connectivity index (χ0n) is 10.1. The molecule has 0 saturated carbocycles. The first-order valence-electron chi connectivity index (χ1n) is 5.66. The number of sulfonamides is 1. The summed E-state index contributed by atoms with van der Waals surface area (Å²) in [6, 6.07) is 2.00. The predicted molar refractivity (Wildman–Crippen MR) is 70.7 cm³/mol. The summed E-state index contributed by atoms with van der Waals surface area (Å²) in [5.41, 5.74) is 1.23. The van der Waals surface area contributed by atoms with Gasteiger partial charge in [0.25, 0.3) is 0 Å². The molecule has 0 fully saturated rings. The number of thiophene rings is 1. The number of nitriles is 1. The lowest BCUT2D eigenvalue weighted by Crippen LogP contribution is -2.32. The van der Waals surface area contributed by atoms with Gasteiger partial charge in [-0.1, -0.05) is 0 Å². The molecule has 8 heteroatoms. The van der Waals surface area contributed by atoms with Gasteiger partial charge in [0, 0.05) is 4.88 Å². The molecule has 19 heavy (non-hydrogen) atoms. The maximum Gasteiger partial charge on any atom is 0.323 e. The number of fused-ring (bicyclic) bond motifs is 1. The molecule has 2 rings (SSSR count). The fourth-order valence-electron chi connectivity index (χ4n) is 1.94. The van der Waals surface area contributed by atoms with Crippen molar-refractivity contribution in [2.45, 2.75) is 31.4 Å². The Balaban J connectivity index is 2.36. The summed E-state index contributed by atoms with van der Waals surface area (Å²) in [5.74, 6) is -1.42. The Morgan fingerprint density at radius 3 is 2.79 bits per heavy atom. The maximum absolute atomic E-state index is 11.8. The molecular weight excluding hydrogens is 288 g/mol. The Kier molecular flexibility index (Phi) is 3.52. The van der Waals surface area contributed by atoms with E-state index in [9.17, 15) is 13.2 Å². The van der Waals surface area contributed by atoms with Crippen LogP contribution in [0, 0.1) is 11.3 Å². The third kappa shape index (κ3) is 2.43. The van der Waals surface area contributed by atoms with Crippen molar-refractivity contribution in [3.63, 3.8) is 0 Å². The minimum absolute atomic E-state index is 0.236. The lowest BCUT2D eigenvalue weighted by molar-refractivity contribution is -0.136. The van der Waals surface area contributed by atoms with Crippen LogP contribution >= 0.6 is 11.3 Å². The second-order valence-corrected chi connectivity index (χ2v) is 7.41. The Bertz CT molecular complexity index is 670. The molecular formula is C11H12N2O4S2. The topological polar surface area (TPSA) is 107 Å². The van der Waals surface area contributed by atoms with Gasteiger partial charge in [-0.15, -0.1) is 11.3 Å². The van der Waals surface area contributed by atoms with E-state index in [4.69, 9.17) is 10.4 Å². The highest BCUT2D eigenvalue weighted by atomic mass is 32.2. The van der Waals surface area contributed by atoms with E-state index in [1.165, 1.54) is 11.3 Å². The Morgan fingerprint density at radius 2 is 2.21 bits per heavy atom. The molecule has 1 aromatic heterocycles.